The smallest absolute Gasteiger partial charge is 0.138 e. The van der Waals surface area contributed by atoms with E-state index in [1.165, 1.54) is 0 Å². The lowest BCUT2D eigenvalue weighted by Crippen LogP contribution is -2.57. The van der Waals surface area contributed by atoms with E-state index in [-0.39, 0.29) is 5.92 Å². The van der Waals surface area contributed by atoms with Gasteiger partial charge in [0, 0.05) is 11.6 Å². The number of aliphatic hydroxyl groups excluding tert-OH is 4. The van der Waals surface area contributed by atoms with Gasteiger partial charge in [0.2, 0.25) is 0 Å². The highest BCUT2D eigenvalue weighted by Crippen LogP contribution is 2.40. The average molecular weight is 435 g/mol. The SMILES string of the molecule is CCC1=CC(c2ccc(OC)cc2)C(C#N)=C(S[C@@H]2O[C@H](CO)[C@@H](O)[C@H](O)[C@H]2O)N1. The third-order valence-electron chi connectivity index (χ3n) is 5.26. The second kappa shape index (κ2) is 9.83. The van der Waals surface area contributed by atoms with Crippen LogP contribution in [0.4, 0.5) is 0 Å². The molecular weight excluding hydrogens is 408 g/mol. The quantitative estimate of drug-likeness (QED) is 0.443. The summed E-state index contributed by atoms with van der Waals surface area (Å²) < 4.78 is 10.8. The molecule has 1 saturated heterocycles. The van der Waals surface area contributed by atoms with Crippen LogP contribution in [-0.4, -0.2) is 64.0 Å². The van der Waals surface area contributed by atoms with Crippen molar-refractivity contribution in [3.63, 3.8) is 0 Å². The molecule has 2 aliphatic heterocycles. The van der Waals surface area contributed by atoms with Crippen LogP contribution in [0.25, 0.3) is 0 Å². The van der Waals surface area contributed by atoms with Crippen molar-refractivity contribution in [3.05, 3.63) is 52.2 Å². The standard InChI is InChI=1S/C21H26N2O6S/c1-3-12-8-14(11-4-6-13(28-2)7-5-11)15(9-22)20(23-12)30-21-19(27)18(26)17(25)16(10-24)29-21/h4-8,14,16-19,21,23-27H,3,10H2,1-2H3/t14?,16-,17-,18+,19-,21+/m1/s1. The lowest BCUT2D eigenvalue weighted by Gasteiger charge is -2.40. The van der Waals surface area contributed by atoms with Gasteiger partial charge in [0.25, 0.3) is 0 Å². The first-order chi connectivity index (χ1) is 14.4. The molecule has 0 radical (unpaired) electrons. The molecule has 1 aromatic carbocycles. The second-order valence-electron chi connectivity index (χ2n) is 7.09. The van der Waals surface area contributed by atoms with Crippen molar-refractivity contribution in [1.29, 1.82) is 5.26 Å². The van der Waals surface area contributed by atoms with Crippen LogP contribution in [0, 0.1) is 11.3 Å². The number of nitrogens with one attached hydrogen (secondary N) is 1. The predicted molar refractivity (Wildman–Crippen MR) is 111 cm³/mol. The molecule has 0 spiro atoms. The molecule has 30 heavy (non-hydrogen) atoms. The topological polar surface area (TPSA) is 135 Å². The molecule has 8 nitrogen and oxygen atoms in total. The number of nitriles is 1. The van der Waals surface area contributed by atoms with E-state index in [0.29, 0.717) is 22.8 Å². The summed E-state index contributed by atoms with van der Waals surface area (Å²) in [7, 11) is 1.59. The minimum atomic E-state index is -1.47. The molecule has 0 saturated carbocycles. The molecule has 3 rings (SSSR count). The first kappa shape index (κ1) is 22.6. The van der Waals surface area contributed by atoms with E-state index in [9.17, 15) is 25.7 Å². The van der Waals surface area contributed by atoms with Crippen molar-refractivity contribution in [2.45, 2.75) is 49.1 Å². The van der Waals surface area contributed by atoms with Crippen LogP contribution in [0.1, 0.15) is 24.8 Å². The Morgan fingerprint density at radius 3 is 2.43 bits per heavy atom. The highest BCUT2D eigenvalue weighted by molar-refractivity contribution is 8.03. The third-order valence-corrected chi connectivity index (χ3v) is 6.44. The normalized spacial score (nSPS) is 31.6. The van der Waals surface area contributed by atoms with Crippen LogP contribution in [0.15, 0.2) is 46.6 Å². The van der Waals surface area contributed by atoms with Gasteiger partial charge in [-0.05, 0) is 24.1 Å². The molecule has 0 bridgehead atoms. The fourth-order valence-corrected chi connectivity index (χ4v) is 4.68. The monoisotopic (exact) mass is 434 g/mol. The molecule has 0 amide bonds. The summed E-state index contributed by atoms with van der Waals surface area (Å²) >= 11 is 1.06. The largest absolute Gasteiger partial charge is 0.497 e. The van der Waals surface area contributed by atoms with E-state index in [2.05, 4.69) is 11.4 Å². The number of benzene rings is 1. The van der Waals surface area contributed by atoms with Gasteiger partial charge in [-0.2, -0.15) is 5.26 Å². The minimum absolute atomic E-state index is 0.301. The number of ether oxygens (including phenoxy) is 2. The lowest BCUT2D eigenvalue weighted by molar-refractivity contribution is -0.205. The molecule has 0 aromatic heterocycles. The fraction of sp³-hybridized carbons (Fsp3) is 0.476. The van der Waals surface area contributed by atoms with Gasteiger partial charge in [0.15, 0.2) is 0 Å². The Morgan fingerprint density at radius 1 is 1.17 bits per heavy atom. The zero-order valence-electron chi connectivity index (χ0n) is 16.7. The van der Waals surface area contributed by atoms with Crippen LogP contribution >= 0.6 is 11.8 Å². The summed E-state index contributed by atoms with van der Waals surface area (Å²) in [6.07, 6.45) is -2.61. The van der Waals surface area contributed by atoms with Gasteiger partial charge < -0.3 is 35.2 Å². The molecule has 5 N–H and O–H groups in total. The molecule has 9 heteroatoms. The first-order valence-electron chi connectivity index (χ1n) is 9.66. The maximum absolute atomic E-state index is 10.4. The molecule has 1 fully saturated rings. The Balaban J connectivity index is 1.93. The van der Waals surface area contributed by atoms with E-state index in [4.69, 9.17) is 9.47 Å². The van der Waals surface area contributed by atoms with Crippen molar-refractivity contribution in [2.24, 2.45) is 0 Å². The maximum Gasteiger partial charge on any atom is 0.138 e. The number of rotatable bonds is 6. The molecule has 1 unspecified atom stereocenters. The Kier molecular flexibility index (Phi) is 7.41. The van der Waals surface area contributed by atoms with Gasteiger partial charge >= 0.3 is 0 Å². The molecule has 162 valence electrons. The van der Waals surface area contributed by atoms with Gasteiger partial charge in [-0.3, -0.25) is 0 Å². The van der Waals surface area contributed by atoms with Crippen LogP contribution in [0.2, 0.25) is 0 Å². The number of hydrogen-bond donors (Lipinski definition) is 5. The van der Waals surface area contributed by atoms with Crippen molar-refractivity contribution in [2.75, 3.05) is 13.7 Å². The van der Waals surface area contributed by atoms with E-state index in [0.717, 1.165) is 23.0 Å². The Bertz CT molecular complexity index is 848. The van der Waals surface area contributed by atoms with Crippen LogP contribution < -0.4 is 10.1 Å². The summed E-state index contributed by atoms with van der Waals surface area (Å²) in [6.45, 7) is 1.48. The van der Waals surface area contributed by atoms with Gasteiger partial charge in [-0.15, -0.1) is 0 Å². The van der Waals surface area contributed by atoms with E-state index >= 15 is 0 Å². The molecule has 2 aliphatic rings. The second-order valence-corrected chi connectivity index (χ2v) is 8.20. The van der Waals surface area contributed by atoms with E-state index < -0.39 is 36.5 Å². The van der Waals surface area contributed by atoms with Crippen molar-refractivity contribution >= 4 is 11.8 Å². The summed E-state index contributed by atoms with van der Waals surface area (Å²) in [6, 6.07) is 9.70. The van der Waals surface area contributed by atoms with Crippen LogP contribution in [0.5, 0.6) is 5.75 Å². The molecular formula is C21H26N2O6S. The number of methoxy groups -OCH3 is 1. The highest BCUT2D eigenvalue weighted by atomic mass is 32.2. The minimum Gasteiger partial charge on any atom is -0.497 e. The predicted octanol–water partition coefficient (Wildman–Crippen LogP) is 0.944. The average Bonchev–Trinajstić information content (AvgIpc) is 2.78. The third kappa shape index (κ3) is 4.49. The number of dihydropyridines is 1. The van der Waals surface area contributed by atoms with Gasteiger partial charge in [-0.25, -0.2) is 0 Å². The number of aliphatic hydroxyl groups is 4. The highest BCUT2D eigenvalue weighted by Gasteiger charge is 2.44. The zero-order valence-corrected chi connectivity index (χ0v) is 17.5. The zero-order chi connectivity index (χ0) is 21.8. The van der Waals surface area contributed by atoms with E-state index in [1.807, 2.05) is 37.3 Å². The van der Waals surface area contributed by atoms with Crippen molar-refractivity contribution in [3.8, 4) is 11.8 Å². The van der Waals surface area contributed by atoms with Gasteiger partial charge in [0.05, 0.1) is 30.4 Å². The Morgan fingerprint density at radius 2 is 1.87 bits per heavy atom. The maximum atomic E-state index is 10.4. The lowest BCUT2D eigenvalue weighted by atomic mass is 9.89. The summed E-state index contributed by atoms with van der Waals surface area (Å²) in [5.41, 5.74) is 1.28. The number of allylic oxidation sites excluding steroid dienone is 3. The summed E-state index contributed by atoms with van der Waals surface area (Å²) in [5, 5.41) is 53.5. The first-order valence-corrected chi connectivity index (χ1v) is 10.5. The van der Waals surface area contributed by atoms with Crippen LogP contribution in [0.3, 0.4) is 0 Å². The molecule has 2 heterocycles. The number of nitrogens with zero attached hydrogens (tertiary/aromatic N) is 1. The fourth-order valence-electron chi connectivity index (χ4n) is 3.46. The van der Waals surface area contributed by atoms with Crippen molar-refractivity contribution in [1.82, 2.24) is 5.32 Å². The van der Waals surface area contributed by atoms with Crippen molar-refractivity contribution < 1.29 is 29.9 Å². The van der Waals surface area contributed by atoms with Gasteiger partial charge in [-0.1, -0.05) is 36.9 Å². The Hall–Kier alpha value is -2.06. The number of thioether (sulfide) groups is 1. The molecule has 6 atom stereocenters. The summed E-state index contributed by atoms with van der Waals surface area (Å²) in [5.74, 6) is 0.412. The molecule has 1 aromatic rings. The number of hydrogen-bond acceptors (Lipinski definition) is 9. The van der Waals surface area contributed by atoms with Gasteiger partial charge in [0.1, 0.15) is 35.6 Å². The molecule has 0 aliphatic carbocycles. The van der Waals surface area contributed by atoms with E-state index in [1.54, 1.807) is 7.11 Å². The van der Waals surface area contributed by atoms with Crippen LogP contribution in [-0.2, 0) is 4.74 Å². The summed E-state index contributed by atoms with van der Waals surface area (Å²) in [4.78, 5) is 0. The Labute approximate surface area is 179 Å².